The van der Waals surface area contributed by atoms with Crippen molar-refractivity contribution in [3.05, 3.63) is 35.8 Å². The predicted molar refractivity (Wildman–Crippen MR) is 91.2 cm³/mol. The number of fused-ring (bicyclic) bond motifs is 1. The maximum absolute atomic E-state index is 11.8. The molecule has 1 fully saturated rings. The van der Waals surface area contributed by atoms with Gasteiger partial charge in [0.2, 0.25) is 5.91 Å². The Morgan fingerprint density at radius 1 is 1.48 bits per heavy atom. The minimum absolute atomic E-state index is 0.271. The molecule has 2 atom stereocenters. The number of aryl methyl sites for hydroxylation is 1. The molecule has 1 N–H and O–H groups in total. The van der Waals surface area contributed by atoms with Gasteiger partial charge < -0.3 is 14.6 Å². The normalized spacial score (nSPS) is 21.8. The van der Waals surface area contributed by atoms with Crippen LogP contribution in [0.15, 0.2) is 24.5 Å². The van der Waals surface area contributed by atoms with Crippen molar-refractivity contribution in [3.8, 4) is 0 Å². The van der Waals surface area contributed by atoms with E-state index in [1.54, 1.807) is 0 Å². The van der Waals surface area contributed by atoms with E-state index in [-0.39, 0.29) is 5.91 Å². The number of carbonyl (C=O) groups is 1. The van der Waals surface area contributed by atoms with E-state index < -0.39 is 0 Å². The zero-order valence-electron chi connectivity index (χ0n) is 14.2. The molecule has 0 unspecified atom stereocenters. The van der Waals surface area contributed by atoms with Crippen LogP contribution < -0.4 is 5.32 Å². The second-order valence-electron chi connectivity index (χ2n) is 6.58. The van der Waals surface area contributed by atoms with Crippen LogP contribution >= 0.6 is 0 Å². The number of aromatic nitrogens is 2. The Morgan fingerprint density at radius 2 is 2.30 bits per heavy atom. The summed E-state index contributed by atoms with van der Waals surface area (Å²) in [5.41, 5.74) is 3.40. The van der Waals surface area contributed by atoms with E-state index in [1.165, 1.54) is 11.3 Å². The molecule has 0 saturated carbocycles. The highest BCUT2D eigenvalue weighted by Gasteiger charge is 2.27. The van der Waals surface area contributed by atoms with Crippen molar-refractivity contribution in [2.75, 3.05) is 13.1 Å². The fraction of sp³-hybridized carbons (Fsp3) is 0.556. The van der Waals surface area contributed by atoms with Gasteiger partial charge in [-0.15, -0.1) is 0 Å². The van der Waals surface area contributed by atoms with Crippen LogP contribution in [0.25, 0.3) is 5.65 Å². The number of likely N-dealkylation sites (tertiary alicyclic amines) is 1. The number of hydrogen-bond acceptors (Lipinski definition) is 3. The summed E-state index contributed by atoms with van der Waals surface area (Å²) in [6, 6.07) is 4.60. The van der Waals surface area contributed by atoms with Crippen LogP contribution in [0, 0.1) is 12.8 Å². The first kappa shape index (κ1) is 16.0. The number of amides is 1. The van der Waals surface area contributed by atoms with Crippen molar-refractivity contribution < 1.29 is 4.79 Å². The number of carbonyl (C=O) groups excluding carboxylic acids is 1. The molecule has 0 aliphatic carbocycles. The first-order chi connectivity index (χ1) is 11.1. The zero-order chi connectivity index (χ0) is 16.4. The van der Waals surface area contributed by atoms with E-state index in [0.717, 1.165) is 31.7 Å². The summed E-state index contributed by atoms with van der Waals surface area (Å²) in [6.45, 7) is 8.77. The first-order valence-corrected chi connectivity index (χ1v) is 8.53. The molecule has 0 spiro atoms. The van der Waals surface area contributed by atoms with E-state index >= 15 is 0 Å². The lowest BCUT2D eigenvalue weighted by atomic mass is 9.93. The molecule has 5 heteroatoms. The van der Waals surface area contributed by atoms with Gasteiger partial charge in [0.15, 0.2) is 0 Å². The standard InChI is InChI=1S/C18H26N4O/c1-4-17(23)21-9-7-16(14(3)12-21)19-10-15-11-20-18-13(2)6-5-8-22(15)18/h5-6,8,11,14,16,19H,4,7,9-10,12H2,1-3H3/t14-,16+/m0/s1. The molecule has 2 aromatic rings. The lowest BCUT2D eigenvalue weighted by Crippen LogP contribution is -2.49. The number of pyridine rings is 1. The van der Waals surface area contributed by atoms with Crippen molar-refractivity contribution >= 4 is 11.6 Å². The maximum atomic E-state index is 11.8. The average molecular weight is 314 g/mol. The highest BCUT2D eigenvalue weighted by Crippen LogP contribution is 2.18. The smallest absolute Gasteiger partial charge is 0.222 e. The van der Waals surface area contributed by atoms with Gasteiger partial charge in [0.05, 0.1) is 11.9 Å². The topological polar surface area (TPSA) is 49.6 Å². The monoisotopic (exact) mass is 314 g/mol. The third kappa shape index (κ3) is 3.24. The Balaban J connectivity index is 1.62. The van der Waals surface area contributed by atoms with Crippen molar-refractivity contribution in [3.63, 3.8) is 0 Å². The van der Waals surface area contributed by atoms with Crippen LogP contribution in [0.2, 0.25) is 0 Å². The quantitative estimate of drug-likeness (QED) is 0.942. The van der Waals surface area contributed by atoms with Gasteiger partial charge in [-0.2, -0.15) is 0 Å². The van der Waals surface area contributed by atoms with Crippen LogP contribution in [0.5, 0.6) is 0 Å². The van der Waals surface area contributed by atoms with Gasteiger partial charge in [0.1, 0.15) is 5.65 Å². The Bertz CT molecular complexity index is 693. The molecule has 2 aromatic heterocycles. The molecule has 1 saturated heterocycles. The molecule has 1 amide bonds. The average Bonchev–Trinajstić information content (AvgIpc) is 2.97. The third-order valence-electron chi connectivity index (χ3n) is 4.91. The summed E-state index contributed by atoms with van der Waals surface area (Å²) in [5, 5.41) is 3.66. The van der Waals surface area contributed by atoms with Gasteiger partial charge in [-0.3, -0.25) is 4.79 Å². The summed E-state index contributed by atoms with van der Waals surface area (Å²) in [4.78, 5) is 18.4. The van der Waals surface area contributed by atoms with Crippen LogP contribution in [0.4, 0.5) is 0 Å². The van der Waals surface area contributed by atoms with Crippen molar-refractivity contribution in [1.82, 2.24) is 19.6 Å². The van der Waals surface area contributed by atoms with E-state index in [2.05, 4.69) is 46.9 Å². The number of nitrogens with one attached hydrogen (secondary N) is 1. The van der Waals surface area contributed by atoms with Crippen LogP contribution in [0.3, 0.4) is 0 Å². The Hall–Kier alpha value is -1.88. The summed E-state index contributed by atoms with van der Waals surface area (Å²) >= 11 is 0. The molecular weight excluding hydrogens is 288 g/mol. The highest BCUT2D eigenvalue weighted by molar-refractivity contribution is 5.75. The van der Waals surface area contributed by atoms with E-state index in [4.69, 9.17) is 0 Å². The maximum Gasteiger partial charge on any atom is 0.222 e. The van der Waals surface area contributed by atoms with E-state index in [0.29, 0.717) is 18.4 Å². The van der Waals surface area contributed by atoms with E-state index in [1.807, 2.05) is 18.0 Å². The molecule has 5 nitrogen and oxygen atoms in total. The predicted octanol–water partition coefficient (Wildman–Crippen LogP) is 2.38. The van der Waals surface area contributed by atoms with Crippen molar-refractivity contribution in [2.24, 2.45) is 5.92 Å². The minimum Gasteiger partial charge on any atom is -0.342 e. The minimum atomic E-state index is 0.271. The zero-order valence-corrected chi connectivity index (χ0v) is 14.2. The summed E-state index contributed by atoms with van der Waals surface area (Å²) in [5.74, 6) is 0.743. The molecule has 124 valence electrons. The fourth-order valence-corrected chi connectivity index (χ4v) is 3.47. The number of hydrogen-bond donors (Lipinski definition) is 1. The molecule has 1 aliphatic heterocycles. The molecule has 3 rings (SSSR count). The molecule has 0 bridgehead atoms. The number of rotatable bonds is 4. The van der Waals surface area contributed by atoms with Gasteiger partial charge in [0, 0.05) is 38.3 Å². The molecule has 1 aliphatic rings. The van der Waals surface area contributed by atoms with Crippen molar-refractivity contribution in [2.45, 2.75) is 46.2 Å². The van der Waals surface area contributed by atoms with E-state index in [9.17, 15) is 4.79 Å². The molecule has 0 aromatic carbocycles. The van der Waals surface area contributed by atoms with Gasteiger partial charge in [-0.25, -0.2) is 4.98 Å². The number of piperidine rings is 1. The molecular formula is C18H26N4O. The summed E-state index contributed by atoms with van der Waals surface area (Å²) < 4.78 is 2.16. The highest BCUT2D eigenvalue weighted by atomic mass is 16.2. The summed E-state index contributed by atoms with van der Waals surface area (Å²) in [7, 11) is 0. The first-order valence-electron chi connectivity index (χ1n) is 8.53. The molecule has 3 heterocycles. The fourth-order valence-electron chi connectivity index (χ4n) is 3.47. The molecule has 23 heavy (non-hydrogen) atoms. The Kier molecular flexibility index (Phi) is 4.66. The van der Waals surface area contributed by atoms with Gasteiger partial charge in [-0.1, -0.05) is 19.9 Å². The molecule has 0 radical (unpaired) electrons. The van der Waals surface area contributed by atoms with Crippen LogP contribution in [-0.4, -0.2) is 39.3 Å². The SMILES string of the molecule is CCC(=O)N1CC[C@@H](NCc2cnc3c(C)cccn23)[C@@H](C)C1. The van der Waals surface area contributed by atoms with Crippen LogP contribution in [-0.2, 0) is 11.3 Å². The third-order valence-corrected chi connectivity index (χ3v) is 4.91. The second kappa shape index (κ2) is 6.71. The lowest BCUT2D eigenvalue weighted by molar-refractivity contribution is -0.132. The largest absolute Gasteiger partial charge is 0.342 e. The van der Waals surface area contributed by atoms with Gasteiger partial charge in [-0.05, 0) is 30.9 Å². The Labute approximate surface area is 137 Å². The summed E-state index contributed by atoms with van der Waals surface area (Å²) in [6.07, 6.45) is 5.64. The second-order valence-corrected chi connectivity index (χ2v) is 6.58. The number of nitrogens with zero attached hydrogens (tertiary/aromatic N) is 3. The Morgan fingerprint density at radius 3 is 3.04 bits per heavy atom. The number of imidazole rings is 1. The lowest BCUT2D eigenvalue weighted by Gasteiger charge is -2.37. The van der Waals surface area contributed by atoms with Gasteiger partial charge in [0.25, 0.3) is 0 Å². The van der Waals surface area contributed by atoms with Crippen molar-refractivity contribution in [1.29, 1.82) is 0 Å². The van der Waals surface area contributed by atoms with Crippen LogP contribution in [0.1, 0.15) is 37.9 Å². The van der Waals surface area contributed by atoms with Gasteiger partial charge >= 0.3 is 0 Å².